The number of carbonyl (C=O) groups excluding carboxylic acids is 1. The third-order valence-electron chi connectivity index (χ3n) is 2.79. The molecule has 0 spiro atoms. The van der Waals surface area contributed by atoms with E-state index in [0.717, 1.165) is 5.16 Å². The van der Waals surface area contributed by atoms with Crippen molar-refractivity contribution in [3.05, 3.63) is 0 Å². The minimum Gasteiger partial charge on any atom is -0.468 e. The first-order chi connectivity index (χ1) is 8.92. The van der Waals surface area contributed by atoms with Gasteiger partial charge in [-0.3, -0.25) is 4.79 Å². The zero-order valence-corrected chi connectivity index (χ0v) is 12.8. The summed E-state index contributed by atoms with van der Waals surface area (Å²) in [5.41, 5.74) is -0.693. The van der Waals surface area contributed by atoms with E-state index >= 15 is 0 Å². The van der Waals surface area contributed by atoms with Crippen LogP contribution >= 0.6 is 11.8 Å². The smallest absolute Gasteiger partial charge is 0.325 e. The zero-order chi connectivity index (χ0) is 14.5. The van der Waals surface area contributed by atoms with Crippen LogP contribution in [0.3, 0.4) is 0 Å². The highest BCUT2D eigenvalue weighted by Crippen LogP contribution is 2.27. The summed E-state index contributed by atoms with van der Waals surface area (Å²) in [6.45, 7) is 6.56. The zero-order valence-electron chi connectivity index (χ0n) is 12.0. The van der Waals surface area contributed by atoms with E-state index in [1.54, 1.807) is 11.7 Å². The quantitative estimate of drug-likeness (QED) is 0.581. The second kappa shape index (κ2) is 6.85. The van der Waals surface area contributed by atoms with Crippen molar-refractivity contribution in [2.24, 2.45) is 7.05 Å². The molecule has 0 aromatic carbocycles. The largest absolute Gasteiger partial charge is 0.468 e. The highest BCUT2D eigenvalue weighted by Gasteiger charge is 2.35. The molecule has 0 aliphatic heterocycles. The molecule has 0 saturated heterocycles. The van der Waals surface area contributed by atoms with Crippen LogP contribution in [0.2, 0.25) is 0 Å². The summed E-state index contributed by atoms with van der Waals surface area (Å²) in [6.07, 6.45) is 0.630. The first-order valence-electron chi connectivity index (χ1n) is 6.15. The number of nitrogens with one attached hydrogen (secondary N) is 1. The number of methoxy groups -OCH3 is 1. The summed E-state index contributed by atoms with van der Waals surface area (Å²) in [6, 6.07) is 0. The highest BCUT2D eigenvalue weighted by molar-refractivity contribution is 7.99. The van der Waals surface area contributed by atoms with Crippen molar-refractivity contribution in [3.63, 3.8) is 0 Å². The number of aromatic nitrogens is 4. The van der Waals surface area contributed by atoms with Crippen LogP contribution in [0.15, 0.2) is 5.16 Å². The summed E-state index contributed by atoms with van der Waals surface area (Å²) in [5, 5.41) is 15.4. The minimum absolute atomic E-state index is 0.174. The number of nitrogens with zero attached hydrogens (tertiary/aromatic N) is 4. The van der Waals surface area contributed by atoms with Crippen molar-refractivity contribution in [2.75, 3.05) is 13.7 Å². The van der Waals surface area contributed by atoms with Gasteiger partial charge in [0.1, 0.15) is 5.54 Å². The van der Waals surface area contributed by atoms with E-state index < -0.39 is 5.54 Å². The van der Waals surface area contributed by atoms with Gasteiger partial charge in [0, 0.05) is 12.3 Å². The molecule has 1 rings (SSSR count). The monoisotopic (exact) mass is 287 g/mol. The molecule has 0 aliphatic rings. The number of ether oxygens (including phenoxy) is 1. The molecule has 0 saturated carbocycles. The number of thioether (sulfide) groups is 1. The lowest BCUT2D eigenvalue weighted by atomic mass is 9.96. The maximum absolute atomic E-state index is 11.9. The lowest BCUT2D eigenvalue weighted by Gasteiger charge is -2.29. The van der Waals surface area contributed by atoms with Gasteiger partial charge >= 0.3 is 5.97 Å². The van der Waals surface area contributed by atoms with Crippen molar-refractivity contribution < 1.29 is 9.53 Å². The SMILES string of the molecule is CCNC(C)(CC(C)Sc1nnnn1C)C(=O)OC. The maximum atomic E-state index is 11.9. The van der Waals surface area contributed by atoms with Gasteiger partial charge in [-0.15, -0.1) is 5.10 Å². The normalized spacial score (nSPS) is 15.8. The average Bonchev–Trinajstić information content (AvgIpc) is 2.74. The number of hydrogen-bond acceptors (Lipinski definition) is 7. The molecule has 2 atom stereocenters. The van der Waals surface area contributed by atoms with Crippen LogP contribution in [-0.4, -0.2) is 50.6 Å². The van der Waals surface area contributed by atoms with Gasteiger partial charge in [0.05, 0.1) is 7.11 Å². The number of esters is 1. The molecule has 19 heavy (non-hydrogen) atoms. The van der Waals surface area contributed by atoms with E-state index in [9.17, 15) is 4.79 Å². The fourth-order valence-electron chi connectivity index (χ4n) is 1.96. The molecule has 1 heterocycles. The fraction of sp³-hybridized carbons (Fsp3) is 0.818. The lowest BCUT2D eigenvalue weighted by molar-refractivity contribution is -0.148. The second-order valence-electron chi connectivity index (χ2n) is 4.57. The number of tetrazole rings is 1. The average molecular weight is 287 g/mol. The van der Waals surface area contributed by atoms with Crippen LogP contribution in [0.5, 0.6) is 0 Å². The van der Waals surface area contributed by atoms with E-state index in [2.05, 4.69) is 20.8 Å². The Balaban J connectivity index is 2.69. The van der Waals surface area contributed by atoms with Crippen LogP contribution in [0.25, 0.3) is 0 Å². The predicted molar refractivity (Wildman–Crippen MR) is 72.8 cm³/mol. The number of likely N-dealkylation sites (N-methyl/N-ethyl adjacent to an activating group) is 1. The Kier molecular flexibility index (Phi) is 5.74. The number of rotatable bonds is 7. The third kappa shape index (κ3) is 4.17. The van der Waals surface area contributed by atoms with E-state index in [1.807, 2.05) is 20.8 Å². The standard InChI is InChI=1S/C11H21N5O2S/c1-6-12-11(3,9(17)18-5)7-8(2)19-10-13-14-15-16(10)4/h8,12H,6-7H2,1-5H3. The van der Waals surface area contributed by atoms with E-state index in [0.29, 0.717) is 13.0 Å². The molecule has 0 fully saturated rings. The number of carbonyl (C=O) groups is 1. The van der Waals surface area contributed by atoms with E-state index in [-0.39, 0.29) is 11.2 Å². The molecule has 8 heteroatoms. The second-order valence-corrected chi connectivity index (χ2v) is 5.98. The van der Waals surface area contributed by atoms with Crippen LogP contribution < -0.4 is 5.32 Å². The molecule has 1 aromatic rings. The van der Waals surface area contributed by atoms with Gasteiger partial charge in [0.25, 0.3) is 0 Å². The Labute approximate surface area is 117 Å². The number of hydrogen-bond donors (Lipinski definition) is 1. The van der Waals surface area contributed by atoms with Crippen LogP contribution in [-0.2, 0) is 16.6 Å². The van der Waals surface area contributed by atoms with Gasteiger partial charge in [-0.05, 0) is 30.3 Å². The van der Waals surface area contributed by atoms with Gasteiger partial charge in [-0.1, -0.05) is 25.6 Å². The first kappa shape index (κ1) is 15.9. The van der Waals surface area contributed by atoms with E-state index in [1.165, 1.54) is 18.9 Å². The molecule has 0 aliphatic carbocycles. The van der Waals surface area contributed by atoms with Crippen molar-refractivity contribution in [2.45, 2.75) is 43.1 Å². The third-order valence-corrected chi connectivity index (χ3v) is 3.91. The molecular formula is C11H21N5O2S. The molecule has 2 unspecified atom stereocenters. The van der Waals surface area contributed by atoms with Crippen molar-refractivity contribution in [3.8, 4) is 0 Å². The molecule has 0 amide bonds. The Bertz CT molecular complexity index is 425. The van der Waals surface area contributed by atoms with Gasteiger partial charge in [0.15, 0.2) is 0 Å². The van der Waals surface area contributed by atoms with Crippen LogP contribution in [0.1, 0.15) is 27.2 Å². The Hall–Kier alpha value is -1.15. The first-order valence-corrected chi connectivity index (χ1v) is 7.03. The molecule has 7 nitrogen and oxygen atoms in total. The summed E-state index contributed by atoms with van der Waals surface area (Å²) in [4.78, 5) is 11.9. The van der Waals surface area contributed by atoms with Crippen molar-refractivity contribution in [1.82, 2.24) is 25.5 Å². The van der Waals surface area contributed by atoms with Crippen LogP contribution in [0, 0.1) is 0 Å². The minimum atomic E-state index is -0.693. The van der Waals surface area contributed by atoms with Crippen molar-refractivity contribution in [1.29, 1.82) is 0 Å². The highest BCUT2D eigenvalue weighted by atomic mass is 32.2. The Morgan fingerprint density at radius 3 is 2.79 bits per heavy atom. The topological polar surface area (TPSA) is 81.9 Å². The lowest BCUT2D eigenvalue weighted by Crippen LogP contribution is -2.51. The summed E-state index contributed by atoms with van der Waals surface area (Å²) >= 11 is 1.54. The molecule has 0 radical (unpaired) electrons. The van der Waals surface area contributed by atoms with E-state index in [4.69, 9.17) is 4.74 Å². The Morgan fingerprint density at radius 2 is 2.32 bits per heavy atom. The fourth-order valence-corrected chi connectivity index (χ4v) is 3.01. The number of aryl methyl sites for hydroxylation is 1. The maximum Gasteiger partial charge on any atom is 0.325 e. The molecule has 1 aromatic heterocycles. The summed E-state index contributed by atoms with van der Waals surface area (Å²) < 4.78 is 6.49. The molecule has 1 N–H and O–H groups in total. The van der Waals surface area contributed by atoms with Gasteiger partial charge in [0.2, 0.25) is 5.16 Å². The molecule has 108 valence electrons. The molecule has 0 bridgehead atoms. The Morgan fingerprint density at radius 1 is 1.63 bits per heavy atom. The van der Waals surface area contributed by atoms with Gasteiger partial charge in [-0.2, -0.15) is 0 Å². The van der Waals surface area contributed by atoms with Crippen LogP contribution in [0.4, 0.5) is 0 Å². The van der Waals surface area contributed by atoms with Gasteiger partial charge in [-0.25, -0.2) is 4.68 Å². The predicted octanol–water partition coefficient (Wildman–Crippen LogP) is 0.622. The van der Waals surface area contributed by atoms with Crippen molar-refractivity contribution >= 4 is 17.7 Å². The molecular weight excluding hydrogens is 266 g/mol. The summed E-state index contributed by atoms with van der Waals surface area (Å²) in [7, 11) is 3.20. The van der Waals surface area contributed by atoms with Gasteiger partial charge < -0.3 is 10.1 Å². The summed E-state index contributed by atoms with van der Waals surface area (Å²) in [5.74, 6) is -0.252.